The van der Waals surface area contributed by atoms with Crippen molar-refractivity contribution < 1.29 is 0 Å². The molecule has 108 valence electrons. The molecule has 0 bridgehead atoms. The van der Waals surface area contributed by atoms with E-state index in [1.807, 2.05) is 0 Å². The molecule has 3 aromatic rings. The third-order valence-corrected chi connectivity index (χ3v) is 3.67. The molecule has 8 heteroatoms. The van der Waals surface area contributed by atoms with Gasteiger partial charge in [-0.3, -0.25) is 4.57 Å². The Morgan fingerprint density at radius 1 is 1.38 bits per heavy atom. The lowest BCUT2D eigenvalue weighted by molar-refractivity contribution is 0.778. The number of nitrogens with zero attached hydrogens (tertiary/aromatic N) is 3. The number of nitrogens with one attached hydrogen (secondary N) is 2. The smallest absolute Gasteiger partial charge is 0.328 e. The number of aromatic nitrogens is 4. The summed E-state index contributed by atoms with van der Waals surface area (Å²) in [5.74, 6) is 0.437. The van der Waals surface area contributed by atoms with Crippen molar-refractivity contribution in [1.82, 2.24) is 19.5 Å². The maximum absolute atomic E-state index is 12.1. The van der Waals surface area contributed by atoms with Crippen LogP contribution in [0.1, 0.15) is 5.56 Å². The number of anilines is 1. The normalized spacial score (nSPS) is 11.0. The fourth-order valence-corrected chi connectivity index (χ4v) is 2.42. The van der Waals surface area contributed by atoms with Crippen LogP contribution >= 0.6 is 23.2 Å². The molecule has 2 N–H and O–H groups in total. The minimum atomic E-state index is -0.274. The van der Waals surface area contributed by atoms with Crippen molar-refractivity contribution in [2.24, 2.45) is 0 Å². The second kappa shape index (κ2) is 5.38. The maximum Gasteiger partial charge on any atom is 0.328 e. The van der Waals surface area contributed by atoms with Crippen molar-refractivity contribution in [3.63, 3.8) is 0 Å². The van der Waals surface area contributed by atoms with Crippen LogP contribution in [0.5, 0.6) is 0 Å². The highest BCUT2D eigenvalue weighted by molar-refractivity contribution is 6.33. The van der Waals surface area contributed by atoms with Crippen LogP contribution in [-0.2, 0) is 6.54 Å². The Morgan fingerprint density at radius 3 is 2.95 bits per heavy atom. The molecule has 0 aliphatic heterocycles. The number of hydrogen-bond donors (Lipinski definition) is 2. The molecule has 1 aromatic carbocycles. The minimum Gasteiger partial charge on any atom is -0.357 e. The van der Waals surface area contributed by atoms with Gasteiger partial charge >= 0.3 is 5.69 Å². The lowest BCUT2D eigenvalue weighted by Crippen LogP contribution is -2.18. The second-order valence-electron chi connectivity index (χ2n) is 4.43. The number of fused-ring (bicyclic) bond motifs is 1. The van der Waals surface area contributed by atoms with E-state index >= 15 is 0 Å². The number of benzene rings is 1. The van der Waals surface area contributed by atoms with Gasteiger partial charge in [0.1, 0.15) is 5.52 Å². The number of imidazole rings is 1. The highest BCUT2D eigenvalue weighted by Crippen LogP contribution is 2.22. The van der Waals surface area contributed by atoms with Gasteiger partial charge in [0.25, 0.3) is 0 Å². The van der Waals surface area contributed by atoms with Crippen LogP contribution in [0.4, 0.5) is 5.95 Å². The molecule has 0 saturated heterocycles. The summed E-state index contributed by atoms with van der Waals surface area (Å²) in [5.41, 5.74) is 1.55. The topological polar surface area (TPSA) is 75.6 Å². The average molecular weight is 324 g/mol. The summed E-state index contributed by atoms with van der Waals surface area (Å²) in [6.45, 7) is 0.276. The molecule has 0 atom stereocenters. The molecule has 21 heavy (non-hydrogen) atoms. The molecule has 0 aliphatic rings. The van der Waals surface area contributed by atoms with Gasteiger partial charge in [0, 0.05) is 17.1 Å². The highest BCUT2D eigenvalue weighted by Gasteiger charge is 2.12. The van der Waals surface area contributed by atoms with Crippen molar-refractivity contribution in [3.05, 3.63) is 50.5 Å². The third-order valence-electron chi connectivity index (χ3n) is 3.07. The Bertz CT molecular complexity index is 871. The van der Waals surface area contributed by atoms with Crippen LogP contribution in [0.2, 0.25) is 10.0 Å². The predicted molar refractivity (Wildman–Crippen MR) is 83.3 cm³/mol. The van der Waals surface area contributed by atoms with Crippen LogP contribution in [0.25, 0.3) is 11.2 Å². The Morgan fingerprint density at radius 2 is 2.19 bits per heavy atom. The number of hydrogen-bond acceptors (Lipinski definition) is 4. The van der Waals surface area contributed by atoms with Crippen LogP contribution in [0.3, 0.4) is 0 Å². The highest BCUT2D eigenvalue weighted by atomic mass is 35.5. The van der Waals surface area contributed by atoms with Crippen molar-refractivity contribution >= 4 is 40.3 Å². The molecular formula is C13H11Cl2N5O. The van der Waals surface area contributed by atoms with Gasteiger partial charge in [0.05, 0.1) is 12.7 Å². The van der Waals surface area contributed by atoms with E-state index in [1.54, 1.807) is 31.4 Å². The van der Waals surface area contributed by atoms with Gasteiger partial charge in [-0.15, -0.1) is 0 Å². The molecule has 6 nitrogen and oxygen atoms in total. The fourth-order valence-electron chi connectivity index (χ4n) is 2.05. The summed E-state index contributed by atoms with van der Waals surface area (Å²) in [7, 11) is 1.71. The molecule has 2 heterocycles. The summed E-state index contributed by atoms with van der Waals surface area (Å²) in [4.78, 5) is 23.2. The first-order valence-corrected chi connectivity index (χ1v) is 6.91. The van der Waals surface area contributed by atoms with Gasteiger partial charge in [0.2, 0.25) is 5.95 Å². The lowest BCUT2D eigenvalue weighted by atomic mass is 10.2. The van der Waals surface area contributed by atoms with Crippen LogP contribution < -0.4 is 11.0 Å². The lowest BCUT2D eigenvalue weighted by Gasteiger charge is -2.06. The van der Waals surface area contributed by atoms with E-state index in [2.05, 4.69) is 20.3 Å². The molecule has 3 rings (SSSR count). The van der Waals surface area contributed by atoms with Gasteiger partial charge in [-0.25, -0.2) is 9.78 Å². The average Bonchev–Trinajstić information content (AvgIpc) is 2.78. The van der Waals surface area contributed by atoms with Crippen LogP contribution in [0.15, 0.2) is 29.2 Å². The first kappa shape index (κ1) is 13.9. The van der Waals surface area contributed by atoms with Gasteiger partial charge < -0.3 is 10.3 Å². The first-order valence-electron chi connectivity index (χ1n) is 6.15. The number of rotatable bonds is 3. The molecule has 0 aliphatic carbocycles. The molecular weight excluding hydrogens is 313 g/mol. The third kappa shape index (κ3) is 2.59. The summed E-state index contributed by atoms with van der Waals surface area (Å²) < 4.78 is 1.50. The van der Waals surface area contributed by atoms with E-state index in [4.69, 9.17) is 23.2 Å². The SMILES string of the molecule is CNc1ncc2[nH]c(=O)n(Cc3cc(Cl)ccc3Cl)c2n1. The van der Waals surface area contributed by atoms with E-state index in [0.717, 1.165) is 5.56 Å². The van der Waals surface area contributed by atoms with Crippen LogP contribution in [0, 0.1) is 0 Å². The monoisotopic (exact) mass is 323 g/mol. The first-order chi connectivity index (χ1) is 10.1. The summed E-state index contributed by atoms with van der Waals surface area (Å²) >= 11 is 12.1. The fraction of sp³-hybridized carbons (Fsp3) is 0.154. The Kier molecular flexibility index (Phi) is 3.57. The minimum absolute atomic E-state index is 0.274. The van der Waals surface area contributed by atoms with E-state index in [0.29, 0.717) is 27.2 Å². The summed E-state index contributed by atoms with van der Waals surface area (Å²) in [6, 6.07) is 5.13. The molecule has 0 spiro atoms. The molecule has 0 radical (unpaired) electrons. The molecule has 2 aromatic heterocycles. The van der Waals surface area contributed by atoms with Crippen molar-refractivity contribution in [2.45, 2.75) is 6.54 Å². The van der Waals surface area contributed by atoms with Crippen molar-refractivity contribution in [2.75, 3.05) is 12.4 Å². The zero-order chi connectivity index (χ0) is 15.0. The zero-order valence-electron chi connectivity index (χ0n) is 11.0. The van der Waals surface area contributed by atoms with E-state index in [1.165, 1.54) is 4.57 Å². The van der Waals surface area contributed by atoms with Gasteiger partial charge in [0.15, 0.2) is 5.65 Å². The Hall–Kier alpha value is -2.05. The second-order valence-corrected chi connectivity index (χ2v) is 5.28. The van der Waals surface area contributed by atoms with E-state index < -0.39 is 0 Å². The molecule has 0 amide bonds. The van der Waals surface area contributed by atoms with Crippen molar-refractivity contribution in [3.8, 4) is 0 Å². The number of aromatic amines is 1. The van der Waals surface area contributed by atoms with Gasteiger partial charge in [-0.05, 0) is 23.8 Å². The van der Waals surface area contributed by atoms with E-state index in [9.17, 15) is 4.79 Å². The van der Waals surface area contributed by atoms with Crippen LogP contribution in [-0.4, -0.2) is 26.6 Å². The zero-order valence-corrected chi connectivity index (χ0v) is 12.5. The Labute approximate surface area is 129 Å². The molecule has 0 saturated carbocycles. The summed E-state index contributed by atoms with van der Waals surface area (Å²) in [5, 5.41) is 3.95. The summed E-state index contributed by atoms with van der Waals surface area (Å²) in [6.07, 6.45) is 1.56. The molecule has 0 unspecified atom stereocenters. The number of halogens is 2. The van der Waals surface area contributed by atoms with E-state index in [-0.39, 0.29) is 12.2 Å². The van der Waals surface area contributed by atoms with Gasteiger partial charge in [-0.1, -0.05) is 23.2 Å². The number of H-pyrrole nitrogens is 1. The maximum atomic E-state index is 12.1. The standard InChI is InChI=1S/C13H11Cl2N5O/c1-16-12-17-5-10-11(19-12)20(13(21)18-10)6-7-4-8(14)2-3-9(7)15/h2-5H,6H2,1H3,(H,18,21)(H,16,17,19). The quantitative estimate of drug-likeness (QED) is 0.776. The largest absolute Gasteiger partial charge is 0.357 e. The predicted octanol–water partition coefficient (Wildman–Crippen LogP) is 2.52. The van der Waals surface area contributed by atoms with Gasteiger partial charge in [-0.2, -0.15) is 4.98 Å². The van der Waals surface area contributed by atoms with Crippen molar-refractivity contribution in [1.29, 1.82) is 0 Å². The Balaban J connectivity index is 2.13. The molecule has 0 fully saturated rings.